The second kappa shape index (κ2) is 8.49. The molecule has 1 N–H and O–H groups in total. The van der Waals surface area contributed by atoms with Gasteiger partial charge in [-0.05, 0) is 34.7 Å². The first-order chi connectivity index (χ1) is 13.8. The standard InChI is InChI=1S/C21H26N3O4P/c1-21(2,3)17-10-8-16(9-11-17)18-24-20(29(25,26-4)27-5)19(28-18)23-14-15-7-6-12-22-13-15/h6-13,23H,14H2,1-5H3. The van der Waals surface area contributed by atoms with Crippen molar-refractivity contribution < 1.29 is 18.0 Å². The second-order valence-electron chi connectivity index (χ2n) is 7.58. The molecule has 3 rings (SSSR count). The molecule has 29 heavy (non-hydrogen) atoms. The smallest absolute Gasteiger partial charge is 0.384 e. The average Bonchev–Trinajstić information content (AvgIpc) is 3.17. The average molecular weight is 415 g/mol. The number of hydrogen-bond donors (Lipinski definition) is 1. The summed E-state index contributed by atoms with van der Waals surface area (Å²) >= 11 is 0. The fourth-order valence-electron chi connectivity index (χ4n) is 2.78. The first kappa shape index (κ1) is 21.2. The number of anilines is 1. The highest BCUT2D eigenvalue weighted by atomic mass is 31.2. The first-order valence-corrected chi connectivity index (χ1v) is 10.8. The molecule has 2 heterocycles. The van der Waals surface area contributed by atoms with Gasteiger partial charge in [-0.1, -0.05) is 39.0 Å². The van der Waals surface area contributed by atoms with Gasteiger partial charge in [0.1, 0.15) is 0 Å². The van der Waals surface area contributed by atoms with Gasteiger partial charge in [0.15, 0.2) is 0 Å². The summed E-state index contributed by atoms with van der Waals surface area (Å²) < 4.78 is 29.2. The lowest BCUT2D eigenvalue weighted by atomic mass is 9.87. The van der Waals surface area contributed by atoms with Crippen LogP contribution in [0.25, 0.3) is 11.5 Å². The Morgan fingerprint density at radius 3 is 2.34 bits per heavy atom. The summed E-state index contributed by atoms with van der Waals surface area (Å²) in [6, 6.07) is 11.7. The molecule has 0 spiro atoms. The van der Waals surface area contributed by atoms with E-state index >= 15 is 0 Å². The molecule has 1 aromatic carbocycles. The summed E-state index contributed by atoms with van der Waals surface area (Å²) in [6.45, 7) is 6.88. The van der Waals surface area contributed by atoms with Crippen LogP contribution >= 0.6 is 7.60 Å². The second-order valence-corrected chi connectivity index (χ2v) is 9.73. The van der Waals surface area contributed by atoms with E-state index in [2.05, 4.69) is 36.1 Å². The van der Waals surface area contributed by atoms with Crippen LogP contribution in [-0.4, -0.2) is 24.2 Å². The van der Waals surface area contributed by atoms with Crippen molar-refractivity contribution in [3.63, 3.8) is 0 Å². The van der Waals surface area contributed by atoms with Crippen LogP contribution < -0.4 is 10.8 Å². The van der Waals surface area contributed by atoms with Crippen LogP contribution in [0.4, 0.5) is 5.88 Å². The molecule has 154 valence electrons. The van der Waals surface area contributed by atoms with Crippen molar-refractivity contribution >= 4 is 18.9 Å². The Hall–Kier alpha value is -2.47. The summed E-state index contributed by atoms with van der Waals surface area (Å²) in [6.07, 6.45) is 3.44. The van der Waals surface area contributed by atoms with Crippen molar-refractivity contribution in [2.75, 3.05) is 19.5 Å². The Morgan fingerprint density at radius 2 is 1.79 bits per heavy atom. The van der Waals surface area contributed by atoms with Crippen LogP contribution in [0, 0.1) is 0 Å². The molecule has 0 bridgehead atoms. The van der Waals surface area contributed by atoms with E-state index in [1.807, 2.05) is 36.4 Å². The molecule has 0 aliphatic rings. The third-order valence-corrected chi connectivity index (χ3v) is 6.31. The van der Waals surface area contributed by atoms with Crippen molar-refractivity contribution in [2.45, 2.75) is 32.7 Å². The largest absolute Gasteiger partial charge is 0.420 e. The maximum Gasteiger partial charge on any atom is 0.384 e. The van der Waals surface area contributed by atoms with Crippen LogP contribution in [0.5, 0.6) is 0 Å². The van der Waals surface area contributed by atoms with E-state index in [0.29, 0.717) is 12.4 Å². The third-order valence-electron chi connectivity index (χ3n) is 4.52. The Labute approximate surface area is 171 Å². The Balaban J connectivity index is 1.96. The lowest BCUT2D eigenvalue weighted by molar-refractivity contribution is 0.286. The molecule has 0 aliphatic heterocycles. The summed E-state index contributed by atoms with van der Waals surface area (Å²) in [5, 5.41) is 3.13. The zero-order valence-corrected chi connectivity index (χ0v) is 18.2. The Kier molecular flexibility index (Phi) is 6.22. The van der Waals surface area contributed by atoms with Gasteiger partial charge >= 0.3 is 7.60 Å². The minimum atomic E-state index is -3.61. The number of aromatic nitrogens is 2. The monoisotopic (exact) mass is 415 g/mol. The van der Waals surface area contributed by atoms with Gasteiger partial charge in [-0.15, -0.1) is 0 Å². The molecule has 0 atom stereocenters. The maximum atomic E-state index is 13.0. The lowest BCUT2D eigenvalue weighted by Gasteiger charge is -2.18. The van der Waals surface area contributed by atoms with Crippen LogP contribution in [0.3, 0.4) is 0 Å². The van der Waals surface area contributed by atoms with Gasteiger partial charge in [-0.3, -0.25) is 9.55 Å². The number of hydrogen-bond acceptors (Lipinski definition) is 7. The molecule has 0 amide bonds. The van der Waals surface area contributed by atoms with E-state index < -0.39 is 7.60 Å². The van der Waals surface area contributed by atoms with E-state index in [1.165, 1.54) is 19.8 Å². The predicted octanol–water partition coefficient (Wildman–Crippen LogP) is 4.76. The highest BCUT2D eigenvalue weighted by Crippen LogP contribution is 2.47. The molecule has 0 radical (unpaired) electrons. The maximum absolute atomic E-state index is 13.0. The quantitative estimate of drug-likeness (QED) is 0.557. The number of benzene rings is 1. The van der Waals surface area contributed by atoms with Crippen molar-refractivity contribution in [1.82, 2.24) is 9.97 Å². The van der Waals surface area contributed by atoms with Gasteiger partial charge in [-0.25, -0.2) is 0 Å². The fourth-order valence-corrected chi connectivity index (χ4v) is 3.86. The molecule has 0 aliphatic carbocycles. The zero-order valence-electron chi connectivity index (χ0n) is 17.3. The van der Waals surface area contributed by atoms with Gasteiger partial charge in [-0.2, -0.15) is 4.98 Å². The van der Waals surface area contributed by atoms with Gasteiger partial charge in [0.25, 0.3) is 0 Å². The lowest BCUT2D eigenvalue weighted by Crippen LogP contribution is -2.15. The van der Waals surface area contributed by atoms with Crippen molar-refractivity contribution in [3.05, 3.63) is 59.9 Å². The van der Waals surface area contributed by atoms with Crippen LogP contribution in [0.15, 0.2) is 53.2 Å². The minimum absolute atomic E-state index is 0.0402. The van der Waals surface area contributed by atoms with Crippen LogP contribution in [0.2, 0.25) is 0 Å². The topological polar surface area (TPSA) is 86.5 Å². The Bertz CT molecular complexity index is 987. The molecule has 7 nitrogen and oxygen atoms in total. The highest BCUT2D eigenvalue weighted by Gasteiger charge is 2.34. The molecular formula is C21H26N3O4P. The first-order valence-electron chi connectivity index (χ1n) is 9.23. The zero-order chi connectivity index (χ0) is 21.1. The molecule has 8 heteroatoms. The SMILES string of the molecule is COP(=O)(OC)c1nc(-c2ccc(C(C)(C)C)cc2)oc1NCc1cccnc1. The van der Waals surface area contributed by atoms with E-state index in [0.717, 1.165) is 11.1 Å². The molecular weight excluding hydrogens is 389 g/mol. The molecule has 0 saturated heterocycles. The van der Waals surface area contributed by atoms with E-state index in [9.17, 15) is 4.57 Å². The molecule has 0 unspecified atom stereocenters. The third kappa shape index (κ3) is 4.75. The predicted molar refractivity (Wildman–Crippen MR) is 113 cm³/mol. The Morgan fingerprint density at radius 1 is 1.10 bits per heavy atom. The summed E-state index contributed by atoms with van der Waals surface area (Å²) in [7, 11) is -0.969. The van der Waals surface area contributed by atoms with Crippen molar-refractivity contribution in [3.8, 4) is 11.5 Å². The normalized spacial score (nSPS) is 12.2. The minimum Gasteiger partial charge on any atom is -0.420 e. The number of rotatable bonds is 7. The number of oxazole rings is 1. The van der Waals surface area contributed by atoms with Crippen molar-refractivity contribution in [2.24, 2.45) is 0 Å². The van der Waals surface area contributed by atoms with Gasteiger partial charge in [0.05, 0.1) is 0 Å². The summed E-state index contributed by atoms with van der Waals surface area (Å²) in [5.41, 5.74) is 3.06. The van der Waals surface area contributed by atoms with Gasteiger partial charge < -0.3 is 18.8 Å². The molecule has 0 fully saturated rings. The fraction of sp³-hybridized carbons (Fsp3) is 0.333. The van der Waals surface area contributed by atoms with E-state index in [4.69, 9.17) is 13.5 Å². The van der Waals surface area contributed by atoms with Gasteiger partial charge in [0, 0.05) is 38.7 Å². The highest BCUT2D eigenvalue weighted by molar-refractivity contribution is 7.62. The molecule has 0 saturated carbocycles. The summed E-state index contributed by atoms with van der Waals surface area (Å²) in [4.78, 5) is 8.53. The number of nitrogens with one attached hydrogen (secondary N) is 1. The van der Waals surface area contributed by atoms with Gasteiger partial charge in [0.2, 0.25) is 17.2 Å². The molecule has 3 aromatic rings. The van der Waals surface area contributed by atoms with E-state index in [1.54, 1.807) is 12.4 Å². The summed E-state index contributed by atoms with van der Waals surface area (Å²) in [5.74, 6) is 0.583. The number of nitrogens with zero attached hydrogens (tertiary/aromatic N) is 2. The van der Waals surface area contributed by atoms with Crippen molar-refractivity contribution in [1.29, 1.82) is 0 Å². The number of pyridine rings is 1. The van der Waals surface area contributed by atoms with Crippen LogP contribution in [-0.2, 0) is 25.6 Å². The van der Waals surface area contributed by atoms with Crippen LogP contribution in [0.1, 0.15) is 31.9 Å². The molecule has 2 aromatic heterocycles. The van der Waals surface area contributed by atoms with E-state index in [-0.39, 0.29) is 16.7 Å².